The zero-order valence-corrected chi connectivity index (χ0v) is 9.62. The van der Waals surface area contributed by atoms with E-state index in [0.29, 0.717) is 18.1 Å². The number of carbonyl (C=O) groups is 1. The van der Waals surface area contributed by atoms with Crippen LogP contribution in [-0.4, -0.2) is 30.7 Å². The molecule has 86 valence electrons. The Kier molecular flexibility index (Phi) is 2.51. The molecule has 1 aliphatic carbocycles. The van der Waals surface area contributed by atoms with E-state index in [1.54, 1.807) is 0 Å². The van der Waals surface area contributed by atoms with Gasteiger partial charge in [-0.25, -0.2) is 0 Å². The summed E-state index contributed by atoms with van der Waals surface area (Å²) in [5.74, 6) is 0.273. The minimum atomic E-state index is -0.284. The Morgan fingerprint density at radius 2 is 2.27 bits per heavy atom. The van der Waals surface area contributed by atoms with Crippen molar-refractivity contribution in [2.45, 2.75) is 45.4 Å². The van der Waals surface area contributed by atoms with Crippen LogP contribution in [-0.2, 0) is 9.53 Å². The molecular weight excluding hydrogens is 192 g/mol. The Bertz CT molecular complexity index is 278. The Hall–Kier alpha value is -0.610. The maximum Gasteiger partial charge on any atom is 0.234 e. The molecule has 0 aromatic carbocycles. The van der Waals surface area contributed by atoms with Crippen LogP contribution in [0.4, 0.5) is 0 Å². The summed E-state index contributed by atoms with van der Waals surface area (Å²) >= 11 is 0. The summed E-state index contributed by atoms with van der Waals surface area (Å²) in [5, 5.41) is 3.32. The molecule has 0 spiro atoms. The molecule has 0 bridgehead atoms. The number of hydrogen-bond acceptors (Lipinski definition) is 3. The van der Waals surface area contributed by atoms with Crippen LogP contribution in [0.3, 0.4) is 0 Å². The van der Waals surface area contributed by atoms with Crippen LogP contribution >= 0.6 is 0 Å². The molecule has 0 radical (unpaired) electrons. The second-order valence-corrected chi connectivity index (χ2v) is 5.33. The van der Waals surface area contributed by atoms with Gasteiger partial charge in [-0.1, -0.05) is 13.8 Å². The fourth-order valence-corrected chi connectivity index (χ4v) is 3.01. The van der Waals surface area contributed by atoms with Crippen LogP contribution in [0.1, 0.15) is 27.2 Å². The van der Waals surface area contributed by atoms with Gasteiger partial charge in [-0.2, -0.15) is 0 Å². The Morgan fingerprint density at radius 1 is 1.60 bits per heavy atom. The van der Waals surface area contributed by atoms with Crippen molar-refractivity contribution in [2.75, 3.05) is 6.61 Å². The lowest BCUT2D eigenvalue weighted by molar-refractivity contribution is -0.128. The minimum absolute atomic E-state index is 0.116. The number of nitrogens with two attached hydrogens (primary N) is 1. The van der Waals surface area contributed by atoms with Gasteiger partial charge in [-0.05, 0) is 13.3 Å². The summed E-state index contributed by atoms with van der Waals surface area (Å²) in [6.45, 7) is 7.04. The first-order valence-corrected chi connectivity index (χ1v) is 5.61. The lowest BCUT2D eigenvalue weighted by Gasteiger charge is -2.55. The highest BCUT2D eigenvalue weighted by Gasteiger charge is 2.59. The first kappa shape index (κ1) is 10.9. The van der Waals surface area contributed by atoms with Gasteiger partial charge < -0.3 is 15.8 Å². The molecule has 4 nitrogen and oxygen atoms in total. The predicted octanol–water partition coefficient (Wildman–Crippen LogP) is 0.263. The van der Waals surface area contributed by atoms with Crippen molar-refractivity contribution in [1.82, 2.24) is 5.32 Å². The molecule has 4 atom stereocenters. The van der Waals surface area contributed by atoms with E-state index < -0.39 is 0 Å². The molecule has 1 aliphatic heterocycles. The predicted molar refractivity (Wildman–Crippen MR) is 57.2 cm³/mol. The Labute approximate surface area is 90.5 Å². The average molecular weight is 212 g/mol. The minimum Gasteiger partial charge on any atom is -0.377 e. The lowest BCUT2D eigenvalue weighted by atomic mass is 9.57. The van der Waals surface area contributed by atoms with Gasteiger partial charge in [0.05, 0.1) is 12.1 Å². The number of carbonyl (C=O) groups excluding carboxylic acids is 1. The molecule has 3 N–H and O–H groups in total. The first-order valence-electron chi connectivity index (χ1n) is 5.61. The normalized spacial score (nSPS) is 39.3. The number of ether oxygens (including phenoxy) is 1. The number of hydrogen-bond donors (Lipinski definition) is 2. The van der Waals surface area contributed by atoms with Gasteiger partial charge in [0.15, 0.2) is 0 Å². The summed E-state index contributed by atoms with van der Waals surface area (Å²) in [6, 6.07) is 0.100. The molecule has 0 aromatic rings. The number of rotatable bonds is 3. The third kappa shape index (κ3) is 1.56. The van der Waals surface area contributed by atoms with Crippen LogP contribution in [0.2, 0.25) is 0 Å². The standard InChI is InChI=1S/C11H20N2O2/c1-6(10(12)14)13-8-7-4-5-15-9(7)11(8,2)3/h6-9,13H,4-5H2,1-3H3,(H2,12,14). The van der Waals surface area contributed by atoms with Crippen molar-refractivity contribution in [3.05, 3.63) is 0 Å². The zero-order chi connectivity index (χ0) is 11.2. The van der Waals surface area contributed by atoms with E-state index in [0.717, 1.165) is 13.0 Å². The van der Waals surface area contributed by atoms with Gasteiger partial charge in [0.2, 0.25) is 5.91 Å². The molecule has 1 amide bonds. The van der Waals surface area contributed by atoms with E-state index in [2.05, 4.69) is 19.2 Å². The third-order valence-electron chi connectivity index (χ3n) is 3.96. The number of nitrogens with one attached hydrogen (secondary N) is 1. The van der Waals surface area contributed by atoms with Crippen LogP contribution in [0.5, 0.6) is 0 Å². The highest BCUT2D eigenvalue weighted by atomic mass is 16.5. The summed E-state index contributed by atoms with van der Waals surface area (Å²) in [6.07, 6.45) is 1.45. The summed E-state index contributed by atoms with van der Waals surface area (Å²) in [5.41, 5.74) is 5.37. The Balaban J connectivity index is 2.01. The number of fused-ring (bicyclic) bond motifs is 1. The van der Waals surface area contributed by atoms with Crippen LogP contribution in [0.25, 0.3) is 0 Å². The van der Waals surface area contributed by atoms with Crippen LogP contribution < -0.4 is 11.1 Å². The smallest absolute Gasteiger partial charge is 0.234 e. The van der Waals surface area contributed by atoms with E-state index in [4.69, 9.17) is 10.5 Å². The average Bonchev–Trinajstić information content (AvgIpc) is 2.59. The largest absolute Gasteiger partial charge is 0.377 e. The zero-order valence-electron chi connectivity index (χ0n) is 9.62. The van der Waals surface area contributed by atoms with E-state index in [-0.39, 0.29) is 17.4 Å². The van der Waals surface area contributed by atoms with Gasteiger partial charge in [0.25, 0.3) is 0 Å². The number of primary amides is 1. The van der Waals surface area contributed by atoms with E-state index in [9.17, 15) is 4.79 Å². The summed E-state index contributed by atoms with van der Waals surface area (Å²) < 4.78 is 5.68. The van der Waals surface area contributed by atoms with Crippen molar-refractivity contribution < 1.29 is 9.53 Å². The fraction of sp³-hybridized carbons (Fsp3) is 0.909. The number of amides is 1. The van der Waals surface area contributed by atoms with E-state index in [1.807, 2.05) is 6.92 Å². The van der Waals surface area contributed by atoms with E-state index in [1.165, 1.54) is 0 Å². The van der Waals surface area contributed by atoms with Crippen molar-refractivity contribution >= 4 is 5.91 Å². The molecule has 1 saturated heterocycles. The van der Waals surface area contributed by atoms with Crippen molar-refractivity contribution in [3.63, 3.8) is 0 Å². The second kappa shape index (κ2) is 3.46. The van der Waals surface area contributed by atoms with Crippen molar-refractivity contribution in [3.8, 4) is 0 Å². The molecule has 1 saturated carbocycles. The lowest BCUT2D eigenvalue weighted by Crippen LogP contribution is -2.68. The SMILES string of the molecule is CC(NC1C2CCOC2C1(C)C)C(N)=O. The highest BCUT2D eigenvalue weighted by molar-refractivity contribution is 5.79. The maximum atomic E-state index is 11.0. The molecule has 15 heavy (non-hydrogen) atoms. The van der Waals surface area contributed by atoms with Gasteiger partial charge in [0.1, 0.15) is 0 Å². The molecule has 2 aliphatic rings. The third-order valence-corrected chi connectivity index (χ3v) is 3.96. The summed E-state index contributed by atoms with van der Waals surface area (Å²) in [7, 11) is 0. The second-order valence-electron chi connectivity index (χ2n) is 5.33. The first-order chi connectivity index (χ1) is 6.94. The molecule has 2 fully saturated rings. The van der Waals surface area contributed by atoms with Gasteiger partial charge >= 0.3 is 0 Å². The molecule has 2 rings (SSSR count). The maximum absolute atomic E-state index is 11.0. The molecule has 1 heterocycles. The molecule has 4 unspecified atom stereocenters. The summed E-state index contributed by atoms with van der Waals surface area (Å²) in [4.78, 5) is 11.0. The van der Waals surface area contributed by atoms with Gasteiger partial charge in [-0.15, -0.1) is 0 Å². The highest BCUT2D eigenvalue weighted by Crippen LogP contribution is 2.52. The van der Waals surface area contributed by atoms with Gasteiger partial charge in [0, 0.05) is 24.0 Å². The van der Waals surface area contributed by atoms with Gasteiger partial charge in [-0.3, -0.25) is 4.79 Å². The fourth-order valence-electron chi connectivity index (χ4n) is 3.01. The van der Waals surface area contributed by atoms with Crippen molar-refractivity contribution in [1.29, 1.82) is 0 Å². The van der Waals surface area contributed by atoms with Crippen LogP contribution in [0.15, 0.2) is 0 Å². The van der Waals surface area contributed by atoms with Crippen LogP contribution in [0, 0.1) is 11.3 Å². The molecular formula is C11H20N2O2. The molecule has 4 heteroatoms. The van der Waals surface area contributed by atoms with E-state index >= 15 is 0 Å². The Morgan fingerprint density at radius 3 is 2.87 bits per heavy atom. The molecule has 0 aromatic heterocycles. The topological polar surface area (TPSA) is 64.3 Å². The quantitative estimate of drug-likeness (QED) is 0.705. The van der Waals surface area contributed by atoms with Crippen molar-refractivity contribution in [2.24, 2.45) is 17.1 Å². The monoisotopic (exact) mass is 212 g/mol.